The molecule has 13 heavy (non-hydrogen) atoms. The summed E-state index contributed by atoms with van der Waals surface area (Å²) >= 11 is 0. The number of aliphatic hydroxyl groups excluding tert-OH is 1. The molecule has 0 radical (unpaired) electrons. The summed E-state index contributed by atoms with van der Waals surface area (Å²) < 4.78 is 12.6. The molecular formula is C11H11FO. The Morgan fingerprint density at radius 3 is 2.92 bits per heavy atom. The first-order valence-electron chi connectivity index (χ1n) is 4.17. The number of benzene rings is 1. The topological polar surface area (TPSA) is 20.2 Å². The van der Waals surface area contributed by atoms with Crippen LogP contribution >= 0.6 is 0 Å². The van der Waals surface area contributed by atoms with Gasteiger partial charge in [0.05, 0.1) is 0 Å². The molecule has 68 valence electrons. The zero-order valence-electron chi connectivity index (χ0n) is 7.42. The molecule has 0 heterocycles. The molecule has 0 aromatic heterocycles. The summed E-state index contributed by atoms with van der Waals surface area (Å²) in [7, 11) is 0. The highest BCUT2D eigenvalue weighted by molar-refractivity contribution is 5.34. The Morgan fingerprint density at radius 2 is 2.31 bits per heavy atom. The van der Waals surface area contributed by atoms with Gasteiger partial charge in [-0.3, -0.25) is 0 Å². The Balaban J connectivity index is 2.77. The minimum Gasteiger partial charge on any atom is -0.380 e. The van der Waals surface area contributed by atoms with Crippen LogP contribution < -0.4 is 0 Å². The minimum atomic E-state index is -0.622. The Hall–Kier alpha value is -1.33. The average molecular weight is 178 g/mol. The largest absolute Gasteiger partial charge is 0.380 e. The van der Waals surface area contributed by atoms with Crippen LogP contribution in [0.1, 0.15) is 18.9 Å². The second-order valence-corrected chi connectivity index (χ2v) is 2.70. The molecule has 1 unspecified atom stereocenters. The van der Waals surface area contributed by atoms with Gasteiger partial charge in [-0.15, -0.1) is 0 Å². The second-order valence-electron chi connectivity index (χ2n) is 2.70. The second kappa shape index (κ2) is 4.64. The highest BCUT2D eigenvalue weighted by atomic mass is 19.1. The van der Waals surface area contributed by atoms with E-state index in [1.54, 1.807) is 12.1 Å². The van der Waals surface area contributed by atoms with Crippen LogP contribution in [0.5, 0.6) is 0 Å². The standard InChI is InChI=1S/C11H11FO/c1-2-11(13)7-6-9-4-3-5-10(12)8-9/h3-5,8,11,13H,2H2,1H3. The molecule has 1 aromatic carbocycles. The predicted molar refractivity (Wildman–Crippen MR) is 49.6 cm³/mol. The van der Waals surface area contributed by atoms with Gasteiger partial charge in [0.1, 0.15) is 11.9 Å². The van der Waals surface area contributed by atoms with Crippen LogP contribution in [0.4, 0.5) is 4.39 Å². The first kappa shape index (κ1) is 9.76. The summed E-state index contributed by atoms with van der Waals surface area (Å²) in [6, 6.07) is 6.01. The van der Waals surface area contributed by atoms with Gasteiger partial charge in [-0.2, -0.15) is 0 Å². The van der Waals surface area contributed by atoms with Crippen LogP contribution in [0.15, 0.2) is 24.3 Å². The minimum absolute atomic E-state index is 0.308. The third kappa shape index (κ3) is 3.27. The molecule has 1 rings (SSSR count). The molecule has 0 fully saturated rings. The molecule has 0 bridgehead atoms. The van der Waals surface area contributed by atoms with Gasteiger partial charge in [-0.25, -0.2) is 4.39 Å². The van der Waals surface area contributed by atoms with Crippen molar-refractivity contribution in [1.82, 2.24) is 0 Å². The maximum atomic E-state index is 12.6. The molecule has 0 aliphatic rings. The van der Waals surface area contributed by atoms with Gasteiger partial charge in [0, 0.05) is 5.56 Å². The van der Waals surface area contributed by atoms with Crippen molar-refractivity contribution in [2.24, 2.45) is 0 Å². The fourth-order valence-corrected chi connectivity index (χ4v) is 0.835. The molecule has 1 aromatic rings. The van der Waals surface area contributed by atoms with Crippen LogP contribution in [0.2, 0.25) is 0 Å². The molecule has 0 spiro atoms. The van der Waals surface area contributed by atoms with Gasteiger partial charge in [0.15, 0.2) is 0 Å². The van der Waals surface area contributed by atoms with Gasteiger partial charge in [0.25, 0.3) is 0 Å². The fourth-order valence-electron chi connectivity index (χ4n) is 0.835. The molecule has 0 amide bonds. The van der Waals surface area contributed by atoms with E-state index in [1.807, 2.05) is 6.92 Å². The van der Waals surface area contributed by atoms with Crippen molar-refractivity contribution in [3.8, 4) is 11.8 Å². The highest BCUT2D eigenvalue weighted by Gasteiger charge is 1.93. The molecule has 1 nitrogen and oxygen atoms in total. The molecule has 1 N–H and O–H groups in total. The van der Waals surface area contributed by atoms with Crippen LogP contribution in [0.3, 0.4) is 0 Å². The van der Waals surface area contributed by atoms with E-state index in [-0.39, 0.29) is 5.82 Å². The lowest BCUT2D eigenvalue weighted by Crippen LogP contribution is -1.98. The summed E-state index contributed by atoms with van der Waals surface area (Å²) in [5.41, 5.74) is 0.590. The number of rotatable bonds is 1. The molecule has 0 saturated carbocycles. The quantitative estimate of drug-likeness (QED) is 0.652. The first-order valence-corrected chi connectivity index (χ1v) is 4.17. The smallest absolute Gasteiger partial charge is 0.124 e. The van der Waals surface area contributed by atoms with Crippen LogP contribution in [0, 0.1) is 17.7 Å². The van der Waals surface area contributed by atoms with Crippen LogP contribution in [-0.4, -0.2) is 11.2 Å². The van der Waals surface area contributed by atoms with Gasteiger partial charge >= 0.3 is 0 Å². The van der Waals surface area contributed by atoms with E-state index in [9.17, 15) is 4.39 Å². The van der Waals surface area contributed by atoms with E-state index in [4.69, 9.17) is 5.11 Å². The van der Waals surface area contributed by atoms with Crippen molar-refractivity contribution in [2.75, 3.05) is 0 Å². The lowest BCUT2D eigenvalue weighted by atomic mass is 10.2. The summed E-state index contributed by atoms with van der Waals surface area (Å²) in [6.07, 6.45) is -0.0363. The van der Waals surface area contributed by atoms with E-state index in [0.29, 0.717) is 12.0 Å². The Labute approximate surface area is 77.2 Å². The third-order valence-corrected chi connectivity index (χ3v) is 1.59. The predicted octanol–water partition coefficient (Wildman–Crippen LogP) is 1.95. The number of halogens is 1. The van der Waals surface area contributed by atoms with Crippen molar-refractivity contribution in [1.29, 1.82) is 0 Å². The molecule has 0 aliphatic heterocycles. The fraction of sp³-hybridized carbons (Fsp3) is 0.273. The van der Waals surface area contributed by atoms with Crippen LogP contribution in [-0.2, 0) is 0 Å². The maximum absolute atomic E-state index is 12.6. The highest BCUT2D eigenvalue weighted by Crippen LogP contribution is 2.01. The van der Waals surface area contributed by atoms with E-state index in [0.717, 1.165) is 0 Å². The Kier molecular flexibility index (Phi) is 3.48. The monoisotopic (exact) mass is 178 g/mol. The normalized spacial score (nSPS) is 11.6. The van der Waals surface area contributed by atoms with Crippen molar-refractivity contribution in [3.05, 3.63) is 35.6 Å². The summed E-state index contributed by atoms with van der Waals surface area (Å²) in [4.78, 5) is 0. The Morgan fingerprint density at radius 1 is 1.54 bits per heavy atom. The van der Waals surface area contributed by atoms with E-state index >= 15 is 0 Å². The summed E-state index contributed by atoms with van der Waals surface area (Å²) in [5, 5.41) is 9.12. The Bertz CT molecular complexity index is 335. The molecule has 0 aliphatic carbocycles. The summed E-state index contributed by atoms with van der Waals surface area (Å²) in [5.74, 6) is 5.00. The van der Waals surface area contributed by atoms with Gasteiger partial charge in [-0.05, 0) is 24.6 Å². The van der Waals surface area contributed by atoms with Gasteiger partial charge in [0.2, 0.25) is 0 Å². The third-order valence-electron chi connectivity index (χ3n) is 1.59. The van der Waals surface area contributed by atoms with E-state index in [2.05, 4.69) is 11.8 Å². The molecule has 1 atom stereocenters. The van der Waals surface area contributed by atoms with Crippen molar-refractivity contribution in [3.63, 3.8) is 0 Å². The zero-order chi connectivity index (χ0) is 9.68. The lowest BCUT2D eigenvalue weighted by molar-refractivity contribution is 0.228. The lowest BCUT2D eigenvalue weighted by Gasteiger charge is -1.94. The van der Waals surface area contributed by atoms with Crippen molar-refractivity contribution >= 4 is 0 Å². The number of hydrogen-bond acceptors (Lipinski definition) is 1. The van der Waals surface area contributed by atoms with Crippen molar-refractivity contribution < 1.29 is 9.50 Å². The maximum Gasteiger partial charge on any atom is 0.124 e. The van der Waals surface area contributed by atoms with E-state index in [1.165, 1.54) is 12.1 Å². The number of aliphatic hydroxyl groups is 1. The molecular weight excluding hydrogens is 167 g/mol. The first-order chi connectivity index (χ1) is 6.22. The average Bonchev–Trinajstić information content (AvgIpc) is 2.14. The van der Waals surface area contributed by atoms with Crippen LogP contribution in [0.25, 0.3) is 0 Å². The summed E-state index contributed by atoms with van der Waals surface area (Å²) in [6.45, 7) is 1.84. The van der Waals surface area contributed by atoms with Crippen molar-refractivity contribution in [2.45, 2.75) is 19.4 Å². The van der Waals surface area contributed by atoms with Gasteiger partial charge in [-0.1, -0.05) is 24.8 Å². The zero-order valence-corrected chi connectivity index (χ0v) is 7.42. The SMILES string of the molecule is CCC(O)C#Cc1cccc(F)c1. The molecule has 0 saturated heterocycles. The number of hydrogen-bond donors (Lipinski definition) is 1. The molecule has 2 heteroatoms. The van der Waals surface area contributed by atoms with Gasteiger partial charge < -0.3 is 5.11 Å². The van der Waals surface area contributed by atoms with E-state index < -0.39 is 6.10 Å².